The summed E-state index contributed by atoms with van der Waals surface area (Å²) in [4.78, 5) is 7.86. The maximum absolute atomic E-state index is 12.3. The second-order valence-corrected chi connectivity index (χ2v) is 7.22. The Morgan fingerprint density at radius 2 is 1.86 bits per heavy atom. The number of alkyl halides is 3. The summed E-state index contributed by atoms with van der Waals surface area (Å²) in [6.07, 6.45) is -3.56. The van der Waals surface area contributed by atoms with Crippen molar-refractivity contribution in [3.05, 3.63) is 35.4 Å². The van der Waals surface area contributed by atoms with Crippen LogP contribution in [0.5, 0.6) is 0 Å². The number of morpholine rings is 1. The molecule has 164 valence electrons. The van der Waals surface area contributed by atoms with Crippen molar-refractivity contribution in [2.24, 2.45) is 4.99 Å². The zero-order valence-corrected chi connectivity index (χ0v) is 17.3. The molecule has 0 spiro atoms. The van der Waals surface area contributed by atoms with Gasteiger partial charge in [-0.15, -0.1) is 0 Å². The van der Waals surface area contributed by atoms with Crippen molar-refractivity contribution in [3.63, 3.8) is 0 Å². The largest absolute Gasteiger partial charge is 0.401 e. The van der Waals surface area contributed by atoms with Gasteiger partial charge in [0.05, 0.1) is 19.8 Å². The molecule has 1 aliphatic heterocycles. The van der Waals surface area contributed by atoms with Gasteiger partial charge < -0.3 is 15.4 Å². The van der Waals surface area contributed by atoms with Gasteiger partial charge in [-0.05, 0) is 31.1 Å². The molecule has 9 heteroatoms. The minimum absolute atomic E-state index is 0.367. The Balaban J connectivity index is 1.75. The Kier molecular flexibility index (Phi) is 9.69. The van der Waals surface area contributed by atoms with E-state index >= 15 is 0 Å². The lowest BCUT2D eigenvalue weighted by atomic mass is 10.1. The first-order valence-corrected chi connectivity index (χ1v) is 9.94. The number of ether oxygens (including phenoxy) is 1. The summed E-state index contributed by atoms with van der Waals surface area (Å²) in [6.45, 7) is 4.97. The van der Waals surface area contributed by atoms with E-state index < -0.39 is 12.7 Å². The summed E-state index contributed by atoms with van der Waals surface area (Å²) in [6, 6.07) is 8.30. The van der Waals surface area contributed by atoms with Crippen LogP contribution in [0.15, 0.2) is 29.3 Å². The first-order valence-electron chi connectivity index (χ1n) is 9.94. The Bertz CT molecular complexity index is 633. The number of halogens is 3. The SMILES string of the molecule is CN=C(NCCCN(C)CC(F)(F)F)NCc1ccccc1CN1CCOCC1. The van der Waals surface area contributed by atoms with Crippen molar-refractivity contribution in [2.45, 2.75) is 25.7 Å². The summed E-state index contributed by atoms with van der Waals surface area (Å²) < 4.78 is 42.4. The molecule has 1 aliphatic rings. The molecule has 0 aromatic heterocycles. The standard InChI is InChI=1S/C20H32F3N5O/c1-24-19(25-8-5-9-27(2)16-20(21,22)23)26-14-17-6-3-4-7-18(17)15-28-10-12-29-13-11-28/h3-4,6-7H,5,8-16H2,1-2H3,(H2,24,25,26). The van der Waals surface area contributed by atoms with Crippen molar-refractivity contribution >= 4 is 5.96 Å². The molecule has 1 fully saturated rings. The van der Waals surface area contributed by atoms with E-state index in [1.807, 2.05) is 12.1 Å². The number of guanidine groups is 1. The van der Waals surface area contributed by atoms with Crippen LogP contribution in [0.2, 0.25) is 0 Å². The highest BCUT2D eigenvalue weighted by atomic mass is 19.4. The fraction of sp³-hybridized carbons (Fsp3) is 0.650. The Morgan fingerprint density at radius 1 is 1.17 bits per heavy atom. The maximum atomic E-state index is 12.3. The van der Waals surface area contributed by atoms with Gasteiger partial charge in [0.25, 0.3) is 0 Å². The first-order chi connectivity index (χ1) is 13.9. The first kappa shape index (κ1) is 23.4. The molecule has 0 unspecified atom stereocenters. The number of rotatable bonds is 9. The minimum atomic E-state index is -4.16. The third kappa shape index (κ3) is 9.47. The van der Waals surface area contributed by atoms with Crippen LogP contribution in [0.25, 0.3) is 0 Å². The van der Waals surface area contributed by atoms with Crippen LogP contribution >= 0.6 is 0 Å². The lowest BCUT2D eigenvalue weighted by Gasteiger charge is -2.27. The molecule has 1 saturated heterocycles. The molecule has 1 aromatic carbocycles. The van der Waals surface area contributed by atoms with Crippen LogP contribution in [0.4, 0.5) is 13.2 Å². The Labute approximate surface area is 171 Å². The lowest BCUT2D eigenvalue weighted by molar-refractivity contribution is -0.143. The van der Waals surface area contributed by atoms with E-state index in [1.54, 1.807) is 7.05 Å². The maximum Gasteiger partial charge on any atom is 0.401 e. The van der Waals surface area contributed by atoms with E-state index in [-0.39, 0.29) is 0 Å². The van der Waals surface area contributed by atoms with Crippen molar-refractivity contribution < 1.29 is 17.9 Å². The van der Waals surface area contributed by atoms with Gasteiger partial charge in [0, 0.05) is 39.8 Å². The number of benzene rings is 1. The van der Waals surface area contributed by atoms with Crippen LogP contribution in [0, 0.1) is 0 Å². The van der Waals surface area contributed by atoms with Crippen molar-refractivity contribution in [2.75, 3.05) is 60.0 Å². The fourth-order valence-electron chi connectivity index (χ4n) is 3.22. The van der Waals surface area contributed by atoms with E-state index in [0.29, 0.717) is 32.0 Å². The second kappa shape index (κ2) is 12.0. The van der Waals surface area contributed by atoms with Crippen LogP contribution in [0.3, 0.4) is 0 Å². The van der Waals surface area contributed by atoms with Crippen LogP contribution in [-0.2, 0) is 17.8 Å². The van der Waals surface area contributed by atoms with Gasteiger partial charge in [-0.2, -0.15) is 13.2 Å². The van der Waals surface area contributed by atoms with Crippen molar-refractivity contribution in [1.29, 1.82) is 0 Å². The van der Waals surface area contributed by atoms with Gasteiger partial charge in [-0.3, -0.25) is 14.8 Å². The summed E-state index contributed by atoms with van der Waals surface area (Å²) in [5.41, 5.74) is 2.47. The summed E-state index contributed by atoms with van der Waals surface area (Å²) >= 11 is 0. The highest BCUT2D eigenvalue weighted by Gasteiger charge is 2.28. The molecule has 0 atom stereocenters. The van der Waals surface area contributed by atoms with Gasteiger partial charge in [0.15, 0.2) is 5.96 Å². The molecule has 0 saturated carbocycles. The third-order valence-electron chi connectivity index (χ3n) is 4.74. The molecule has 0 amide bonds. The molecule has 6 nitrogen and oxygen atoms in total. The Morgan fingerprint density at radius 3 is 2.52 bits per heavy atom. The number of nitrogens with one attached hydrogen (secondary N) is 2. The topological polar surface area (TPSA) is 52.1 Å². The van der Waals surface area contributed by atoms with Gasteiger partial charge in [0.1, 0.15) is 0 Å². The highest BCUT2D eigenvalue weighted by Crippen LogP contribution is 2.15. The highest BCUT2D eigenvalue weighted by molar-refractivity contribution is 5.79. The number of hydrogen-bond donors (Lipinski definition) is 2. The molecule has 1 heterocycles. The normalized spacial score (nSPS) is 16.3. The monoisotopic (exact) mass is 415 g/mol. The van der Waals surface area contributed by atoms with E-state index in [0.717, 1.165) is 32.8 Å². The lowest BCUT2D eigenvalue weighted by Crippen LogP contribution is -2.39. The van der Waals surface area contributed by atoms with Crippen molar-refractivity contribution in [3.8, 4) is 0 Å². The third-order valence-corrected chi connectivity index (χ3v) is 4.74. The second-order valence-electron chi connectivity index (χ2n) is 7.22. The molecular weight excluding hydrogens is 383 g/mol. The van der Waals surface area contributed by atoms with E-state index in [9.17, 15) is 13.2 Å². The van der Waals surface area contributed by atoms with Gasteiger partial charge in [0.2, 0.25) is 0 Å². The number of nitrogens with zero attached hydrogens (tertiary/aromatic N) is 3. The molecule has 29 heavy (non-hydrogen) atoms. The fourth-order valence-corrected chi connectivity index (χ4v) is 3.22. The van der Waals surface area contributed by atoms with E-state index in [2.05, 4.69) is 32.7 Å². The summed E-state index contributed by atoms with van der Waals surface area (Å²) in [5, 5.41) is 6.45. The number of aliphatic imine (C=N–C) groups is 1. The predicted molar refractivity (Wildman–Crippen MR) is 109 cm³/mol. The molecule has 1 aromatic rings. The average Bonchev–Trinajstić information content (AvgIpc) is 2.68. The molecular formula is C20H32F3N5O. The van der Waals surface area contributed by atoms with Gasteiger partial charge >= 0.3 is 6.18 Å². The van der Waals surface area contributed by atoms with Crippen LogP contribution < -0.4 is 10.6 Å². The quantitative estimate of drug-likeness (QED) is 0.367. The average molecular weight is 416 g/mol. The number of hydrogen-bond acceptors (Lipinski definition) is 4. The van der Waals surface area contributed by atoms with E-state index in [4.69, 9.17) is 4.74 Å². The van der Waals surface area contributed by atoms with Crippen molar-refractivity contribution in [1.82, 2.24) is 20.4 Å². The zero-order chi connectivity index (χ0) is 21.1. The van der Waals surface area contributed by atoms with Gasteiger partial charge in [-0.25, -0.2) is 0 Å². The molecule has 0 bridgehead atoms. The Hall–Kier alpha value is -1.84. The van der Waals surface area contributed by atoms with E-state index in [1.165, 1.54) is 23.1 Å². The molecule has 0 aliphatic carbocycles. The molecule has 0 radical (unpaired) electrons. The zero-order valence-electron chi connectivity index (χ0n) is 17.3. The van der Waals surface area contributed by atoms with Crippen LogP contribution in [0.1, 0.15) is 17.5 Å². The minimum Gasteiger partial charge on any atom is -0.379 e. The smallest absolute Gasteiger partial charge is 0.379 e. The predicted octanol–water partition coefficient (Wildman–Crippen LogP) is 2.07. The van der Waals surface area contributed by atoms with Gasteiger partial charge in [-0.1, -0.05) is 24.3 Å². The van der Waals surface area contributed by atoms with Crippen LogP contribution in [-0.4, -0.2) is 82.0 Å². The molecule has 2 rings (SSSR count). The summed E-state index contributed by atoms with van der Waals surface area (Å²) in [5.74, 6) is 0.643. The molecule has 2 N–H and O–H groups in total. The summed E-state index contributed by atoms with van der Waals surface area (Å²) in [7, 11) is 3.16.